The van der Waals surface area contributed by atoms with E-state index < -0.39 is 24.0 Å². The van der Waals surface area contributed by atoms with Gasteiger partial charge in [-0.2, -0.15) is 11.8 Å². The monoisotopic (exact) mass is 505 g/mol. The van der Waals surface area contributed by atoms with E-state index in [0.717, 1.165) is 11.3 Å². The number of anilines is 1. The average molecular weight is 506 g/mol. The number of rotatable bonds is 15. The number of amides is 2. The van der Waals surface area contributed by atoms with Crippen LogP contribution < -0.4 is 15.5 Å². The molecule has 0 heterocycles. The first kappa shape index (κ1) is 28.4. The van der Waals surface area contributed by atoms with Crippen LogP contribution in [0.3, 0.4) is 0 Å². The number of nitrogens with one attached hydrogen (secondary N) is 2. The maximum Gasteiger partial charge on any atom is 0.328 e. The number of hydrogen-bond donors (Lipinski definition) is 2. The summed E-state index contributed by atoms with van der Waals surface area (Å²) in [7, 11) is 0. The smallest absolute Gasteiger partial charge is 0.328 e. The van der Waals surface area contributed by atoms with Crippen molar-refractivity contribution in [1.29, 1.82) is 0 Å². The van der Waals surface area contributed by atoms with E-state index in [9.17, 15) is 14.4 Å². The Hall–Kier alpha value is -1.64. The Morgan fingerprint density at radius 3 is 2.19 bits per heavy atom. The van der Waals surface area contributed by atoms with Crippen LogP contribution in [0.2, 0.25) is 0 Å². The van der Waals surface area contributed by atoms with Crippen LogP contribution in [0.15, 0.2) is 24.3 Å². The van der Waals surface area contributed by atoms with E-state index in [-0.39, 0.29) is 18.9 Å². The Bertz CT molecular complexity index is 716. The summed E-state index contributed by atoms with van der Waals surface area (Å²) in [5.74, 6) is 0.447. The molecule has 0 aliphatic heterocycles. The largest absolute Gasteiger partial charge is 0.464 e. The van der Waals surface area contributed by atoms with Gasteiger partial charge in [0, 0.05) is 43.9 Å². The molecule has 0 spiro atoms. The van der Waals surface area contributed by atoms with Crippen LogP contribution in [-0.4, -0.2) is 73.3 Å². The molecule has 7 nitrogen and oxygen atoms in total. The highest BCUT2D eigenvalue weighted by Crippen LogP contribution is 2.17. The molecule has 2 atom stereocenters. The molecule has 0 fully saturated rings. The second-order valence-electron chi connectivity index (χ2n) is 7.08. The minimum Gasteiger partial charge on any atom is -0.464 e. The van der Waals surface area contributed by atoms with Gasteiger partial charge in [-0.25, -0.2) is 4.79 Å². The van der Waals surface area contributed by atoms with Crippen molar-refractivity contribution in [3.05, 3.63) is 29.8 Å². The molecule has 2 N–H and O–H groups in total. The van der Waals surface area contributed by atoms with Gasteiger partial charge in [0.25, 0.3) is 0 Å². The summed E-state index contributed by atoms with van der Waals surface area (Å²) in [6.07, 6.45) is 2.66. The quantitative estimate of drug-likeness (QED) is 0.281. The van der Waals surface area contributed by atoms with Crippen LogP contribution in [0.25, 0.3) is 0 Å². The molecule has 10 heteroatoms. The van der Waals surface area contributed by atoms with E-state index in [1.54, 1.807) is 18.7 Å². The van der Waals surface area contributed by atoms with Crippen molar-refractivity contribution in [1.82, 2.24) is 10.6 Å². The predicted molar refractivity (Wildman–Crippen MR) is 133 cm³/mol. The second-order valence-corrected chi connectivity index (χ2v) is 8.82. The van der Waals surface area contributed by atoms with Crippen LogP contribution in [0.5, 0.6) is 0 Å². The molecule has 180 valence electrons. The first-order valence-corrected chi connectivity index (χ1v) is 13.0. The van der Waals surface area contributed by atoms with Gasteiger partial charge in [0.05, 0.1) is 6.61 Å². The molecule has 0 saturated heterocycles. The van der Waals surface area contributed by atoms with Crippen molar-refractivity contribution >= 4 is 58.4 Å². The lowest BCUT2D eigenvalue weighted by atomic mass is 10.0. The lowest BCUT2D eigenvalue weighted by Crippen LogP contribution is -2.52. The zero-order valence-corrected chi connectivity index (χ0v) is 21.2. The van der Waals surface area contributed by atoms with Crippen molar-refractivity contribution in [2.24, 2.45) is 0 Å². The number of nitrogens with zero attached hydrogens (tertiary/aromatic N) is 1. The molecular weight excluding hydrogens is 473 g/mol. The third-order valence-corrected chi connectivity index (χ3v) is 5.62. The van der Waals surface area contributed by atoms with Crippen LogP contribution >= 0.6 is 35.0 Å². The van der Waals surface area contributed by atoms with Crippen molar-refractivity contribution in [2.75, 3.05) is 48.4 Å². The molecule has 2 amide bonds. The number of carbonyl (C=O) groups is 3. The highest BCUT2D eigenvalue weighted by Gasteiger charge is 2.27. The first-order valence-electron chi connectivity index (χ1n) is 10.5. The van der Waals surface area contributed by atoms with Crippen molar-refractivity contribution in [2.45, 2.75) is 38.8 Å². The molecule has 32 heavy (non-hydrogen) atoms. The Labute approximate surface area is 204 Å². The van der Waals surface area contributed by atoms with Gasteiger partial charge in [0.2, 0.25) is 11.8 Å². The molecule has 0 aliphatic rings. The van der Waals surface area contributed by atoms with Gasteiger partial charge in [0.15, 0.2) is 0 Å². The Morgan fingerprint density at radius 1 is 1.06 bits per heavy atom. The number of thioether (sulfide) groups is 1. The lowest BCUT2D eigenvalue weighted by Gasteiger charge is -2.24. The number of ether oxygens (including phenoxy) is 1. The van der Waals surface area contributed by atoms with Crippen molar-refractivity contribution in [3.63, 3.8) is 0 Å². The summed E-state index contributed by atoms with van der Waals surface area (Å²) < 4.78 is 5.08. The van der Waals surface area contributed by atoms with Gasteiger partial charge >= 0.3 is 5.97 Å². The summed E-state index contributed by atoms with van der Waals surface area (Å²) in [6, 6.07) is 6.13. The van der Waals surface area contributed by atoms with Gasteiger partial charge in [-0.3, -0.25) is 9.59 Å². The Morgan fingerprint density at radius 2 is 1.69 bits per heavy atom. The topological polar surface area (TPSA) is 87.7 Å². The minimum atomic E-state index is -0.814. The zero-order valence-electron chi connectivity index (χ0n) is 18.9. The van der Waals surface area contributed by atoms with Crippen LogP contribution in [0, 0.1) is 0 Å². The first-order chi connectivity index (χ1) is 15.4. The highest BCUT2D eigenvalue weighted by atomic mass is 35.5. The maximum absolute atomic E-state index is 12.9. The molecule has 0 radical (unpaired) electrons. The van der Waals surface area contributed by atoms with Crippen LogP contribution in [0.1, 0.15) is 25.8 Å². The van der Waals surface area contributed by atoms with E-state index in [0.29, 0.717) is 37.0 Å². The van der Waals surface area contributed by atoms with Crippen molar-refractivity contribution in [3.8, 4) is 0 Å². The van der Waals surface area contributed by atoms with E-state index >= 15 is 0 Å². The van der Waals surface area contributed by atoms with Crippen molar-refractivity contribution < 1.29 is 19.1 Å². The van der Waals surface area contributed by atoms with Gasteiger partial charge in [-0.15, -0.1) is 23.2 Å². The molecule has 0 unspecified atom stereocenters. The molecule has 1 aromatic carbocycles. The number of alkyl halides is 2. The second kappa shape index (κ2) is 16.0. The number of hydrogen-bond acceptors (Lipinski definition) is 6. The molecule has 0 aromatic heterocycles. The van der Waals surface area contributed by atoms with Crippen LogP contribution in [-0.2, 0) is 25.5 Å². The predicted octanol–water partition coefficient (Wildman–Crippen LogP) is 2.82. The van der Waals surface area contributed by atoms with E-state index in [1.807, 2.05) is 30.5 Å². The number of halogens is 2. The minimum absolute atomic E-state index is 0.233. The van der Waals surface area contributed by atoms with Gasteiger partial charge in [-0.05, 0) is 43.0 Å². The summed E-state index contributed by atoms with van der Waals surface area (Å²) >= 11 is 13.3. The van der Waals surface area contributed by atoms with Crippen LogP contribution in [0.4, 0.5) is 5.69 Å². The van der Waals surface area contributed by atoms with Gasteiger partial charge in [-0.1, -0.05) is 12.1 Å². The highest BCUT2D eigenvalue weighted by molar-refractivity contribution is 7.98. The van der Waals surface area contributed by atoms with Gasteiger partial charge < -0.3 is 20.3 Å². The number of esters is 1. The fourth-order valence-corrected chi connectivity index (χ4v) is 3.99. The van der Waals surface area contributed by atoms with E-state index in [1.165, 1.54) is 6.92 Å². The molecule has 1 rings (SSSR count). The summed E-state index contributed by atoms with van der Waals surface area (Å²) in [6.45, 7) is 4.66. The summed E-state index contributed by atoms with van der Waals surface area (Å²) in [4.78, 5) is 39.0. The molecular formula is C22H33Cl2N3O4S. The normalized spacial score (nSPS) is 12.5. The number of carbonyl (C=O) groups excluding carboxylic acids is 3. The molecule has 0 aliphatic carbocycles. The summed E-state index contributed by atoms with van der Waals surface area (Å²) in [5, 5.41) is 5.43. The molecule has 0 bridgehead atoms. The third kappa shape index (κ3) is 10.3. The van der Waals surface area contributed by atoms with E-state index in [4.69, 9.17) is 27.9 Å². The fraction of sp³-hybridized carbons (Fsp3) is 0.591. The fourth-order valence-electron chi connectivity index (χ4n) is 3.11. The Balaban J connectivity index is 2.93. The molecule has 0 saturated carbocycles. The maximum atomic E-state index is 12.9. The summed E-state index contributed by atoms with van der Waals surface area (Å²) in [5.41, 5.74) is 1.85. The average Bonchev–Trinajstić information content (AvgIpc) is 2.76. The lowest BCUT2D eigenvalue weighted by molar-refractivity contribution is -0.147. The zero-order chi connectivity index (χ0) is 23.9. The molecule has 1 aromatic rings. The van der Waals surface area contributed by atoms with E-state index in [2.05, 4.69) is 15.5 Å². The standard InChI is InChI=1S/C22H33Cl2N3O4S/c1-4-31-22(30)19(9-14-32-3)26-21(29)20(25-16(2)28)15-17-5-7-18(8-6-17)27(12-10-23)13-11-24/h5-8,19-20H,4,9-15H2,1-3H3,(H,25,28)(H,26,29)/t19-,20+/m0/s1. The Kier molecular flexibility index (Phi) is 14.2. The third-order valence-electron chi connectivity index (χ3n) is 4.64. The van der Waals surface area contributed by atoms with Gasteiger partial charge in [0.1, 0.15) is 12.1 Å². The number of benzene rings is 1. The SMILES string of the molecule is CCOC(=O)[C@H](CCSC)NC(=O)[C@@H](Cc1ccc(N(CCCl)CCCl)cc1)NC(C)=O.